The Labute approximate surface area is 77.9 Å². The summed E-state index contributed by atoms with van der Waals surface area (Å²) in [7, 11) is 0. The minimum absolute atomic E-state index is 0.229. The zero-order chi connectivity index (χ0) is 8.97. The van der Waals surface area contributed by atoms with E-state index in [1.54, 1.807) is 0 Å². The van der Waals surface area contributed by atoms with Gasteiger partial charge in [0.15, 0.2) is 5.11 Å². The van der Waals surface area contributed by atoms with Crippen molar-refractivity contribution >= 4 is 17.3 Å². The first-order chi connectivity index (χ1) is 5.74. The number of β-amino-alcohol motifs (C(OH)–C–C–N with tert-alkyl or cyclic N) is 1. The monoisotopic (exact) mass is 189 g/mol. The van der Waals surface area contributed by atoms with Gasteiger partial charge in [-0.15, -0.1) is 0 Å². The van der Waals surface area contributed by atoms with Crippen LogP contribution in [0.25, 0.3) is 0 Å². The number of aliphatic hydroxyl groups is 1. The van der Waals surface area contributed by atoms with Crippen molar-refractivity contribution in [1.82, 2.24) is 9.80 Å². The predicted molar refractivity (Wildman–Crippen MR) is 51.9 cm³/mol. The summed E-state index contributed by atoms with van der Waals surface area (Å²) in [5.41, 5.74) is 5.48. The average Bonchev–Trinajstić information content (AvgIpc) is 2.06. The Morgan fingerprint density at radius 2 is 1.92 bits per heavy atom. The van der Waals surface area contributed by atoms with Crippen molar-refractivity contribution in [2.75, 3.05) is 39.3 Å². The highest BCUT2D eigenvalue weighted by Gasteiger charge is 2.16. The SMILES string of the molecule is NC(=S)N1CCN(CCO)CC1. The van der Waals surface area contributed by atoms with E-state index < -0.39 is 0 Å². The summed E-state index contributed by atoms with van der Waals surface area (Å²) in [6.07, 6.45) is 0. The van der Waals surface area contributed by atoms with E-state index in [-0.39, 0.29) is 6.61 Å². The number of hydrogen-bond acceptors (Lipinski definition) is 3. The highest BCUT2D eigenvalue weighted by atomic mass is 32.1. The molecule has 1 rings (SSSR count). The van der Waals surface area contributed by atoms with Crippen molar-refractivity contribution in [2.45, 2.75) is 0 Å². The quantitative estimate of drug-likeness (QED) is 0.537. The molecule has 3 N–H and O–H groups in total. The lowest BCUT2D eigenvalue weighted by atomic mass is 10.3. The summed E-state index contributed by atoms with van der Waals surface area (Å²) in [6, 6.07) is 0. The van der Waals surface area contributed by atoms with Gasteiger partial charge in [-0.25, -0.2) is 0 Å². The first-order valence-electron chi connectivity index (χ1n) is 4.11. The summed E-state index contributed by atoms with van der Waals surface area (Å²) in [5, 5.41) is 9.17. The molecule has 0 atom stereocenters. The Hall–Kier alpha value is -0.390. The molecule has 1 saturated heterocycles. The van der Waals surface area contributed by atoms with Crippen LogP contribution in [0.3, 0.4) is 0 Å². The Balaban J connectivity index is 2.25. The molecule has 0 aromatic carbocycles. The van der Waals surface area contributed by atoms with Crippen LogP contribution in [-0.2, 0) is 0 Å². The van der Waals surface area contributed by atoms with Crippen LogP contribution in [0.2, 0.25) is 0 Å². The van der Waals surface area contributed by atoms with Crippen LogP contribution >= 0.6 is 12.2 Å². The third-order valence-electron chi connectivity index (χ3n) is 2.10. The van der Waals surface area contributed by atoms with Gasteiger partial charge in [-0.3, -0.25) is 4.90 Å². The molecule has 0 bridgehead atoms. The number of piperazine rings is 1. The summed E-state index contributed by atoms with van der Waals surface area (Å²) >= 11 is 4.85. The van der Waals surface area contributed by atoms with Gasteiger partial charge in [0, 0.05) is 32.7 Å². The van der Waals surface area contributed by atoms with E-state index in [2.05, 4.69) is 4.90 Å². The predicted octanol–water partition coefficient (Wildman–Crippen LogP) is -1.16. The topological polar surface area (TPSA) is 52.7 Å². The summed E-state index contributed by atoms with van der Waals surface area (Å²) < 4.78 is 0. The summed E-state index contributed by atoms with van der Waals surface area (Å²) in [4.78, 5) is 4.19. The molecule has 0 amide bonds. The maximum absolute atomic E-state index is 8.69. The minimum atomic E-state index is 0.229. The normalized spacial score (nSPS) is 19.6. The van der Waals surface area contributed by atoms with Gasteiger partial charge < -0.3 is 15.7 Å². The van der Waals surface area contributed by atoms with Crippen molar-refractivity contribution in [3.05, 3.63) is 0 Å². The van der Waals surface area contributed by atoms with Gasteiger partial charge in [0.25, 0.3) is 0 Å². The van der Waals surface area contributed by atoms with Crippen LogP contribution in [0.15, 0.2) is 0 Å². The fourth-order valence-electron chi connectivity index (χ4n) is 1.33. The second kappa shape index (κ2) is 4.59. The number of nitrogens with zero attached hydrogens (tertiary/aromatic N) is 2. The third kappa shape index (κ3) is 2.58. The lowest BCUT2D eigenvalue weighted by molar-refractivity contribution is 0.147. The molecule has 1 aliphatic heterocycles. The van der Waals surface area contributed by atoms with Crippen LogP contribution in [-0.4, -0.2) is 59.3 Å². The molecule has 0 aromatic heterocycles. The number of rotatable bonds is 2. The number of aliphatic hydroxyl groups excluding tert-OH is 1. The summed E-state index contributed by atoms with van der Waals surface area (Å²) in [5.74, 6) is 0. The molecule has 1 fully saturated rings. The molecular weight excluding hydrogens is 174 g/mol. The van der Waals surface area contributed by atoms with E-state index in [0.29, 0.717) is 5.11 Å². The lowest BCUT2D eigenvalue weighted by Gasteiger charge is -2.34. The van der Waals surface area contributed by atoms with Gasteiger partial charge in [0.05, 0.1) is 6.61 Å². The van der Waals surface area contributed by atoms with Crippen molar-refractivity contribution in [3.63, 3.8) is 0 Å². The van der Waals surface area contributed by atoms with Crippen LogP contribution in [0.4, 0.5) is 0 Å². The molecule has 70 valence electrons. The third-order valence-corrected chi connectivity index (χ3v) is 2.36. The van der Waals surface area contributed by atoms with E-state index >= 15 is 0 Å². The molecule has 4 nitrogen and oxygen atoms in total. The van der Waals surface area contributed by atoms with Gasteiger partial charge >= 0.3 is 0 Å². The first-order valence-corrected chi connectivity index (χ1v) is 4.52. The second-order valence-corrected chi connectivity index (χ2v) is 3.31. The van der Waals surface area contributed by atoms with E-state index in [1.807, 2.05) is 4.90 Å². The zero-order valence-electron chi connectivity index (χ0n) is 7.07. The molecule has 1 aliphatic rings. The first kappa shape index (κ1) is 9.70. The lowest BCUT2D eigenvalue weighted by Crippen LogP contribution is -2.50. The van der Waals surface area contributed by atoms with Crippen molar-refractivity contribution in [3.8, 4) is 0 Å². The highest BCUT2D eigenvalue weighted by molar-refractivity contribution is 7.80. The second-order valence-electron chi connectivity index (χ2n) is 2.89. The highest BCUT2D eigenvalue weighted by Crippen LogP contribution is 2.00. The fourth-order valence-corrected chi connectivity index (χ4v) is 1.52. The van der Waals surface area contributed by atoms with E-state index in [4.69, 9.17) is 23.1 Å². The Morgan fingerprint density at radius 1 is 1.33 bits per heavy atom. The van der Waals surface area contributed by atoms with Gasteiger partial charge in [-0.1, -0.05) is 0 Å². The number of nitrogens with two attached hydrogens (primary N) is 1. The molecule has 5 heteroatoms. The molecule has 0 spiro atoms. The standard InChI is InChI=1S/C7H15N3OS/c8-7(12)10-3-1-9(2-4-10)5-6-11/h11H,1-6H2,(H2,8,12). The van der Waals surface area contributed by atoms with Gasteiger partial charge in [-0.2, -0.15) is 0 Å². The van der Waals surface area contributed by atoms with E-state index in [9.17, 15) is 0 Å². The number of thiocarbonyl (C=S) groups is 1. The molecule has 0 aromatic rings. The molecule has 12 heavy (non-hydrogen) atoms. The van der Waals surface area contributed by atoms with Crippen LogP contribution in [0.5, 0.6) is 0 Å². The maximum atomic E-state index is 8.69. The Bertz CT molecular complexity index is 157. The van der Waals surface area contributed by atoms with Gasteiger partial charge in [0.1, 0.15) is 0 Å². The van der Waals surface area contributed by atoms with E-state index in [0.717, 1.165) is 32.7 Å². The van der Waals surface area contributed by atoms with Crippen molar-refractivity contribution in [1.29, 1.82) is 0 Å². The average molecular weight is 189 g/mol. The minimum Gasteiger partial charge on any atom is -0.395 e. The van der Waals surface area contributed by atoms with Gasteiger partial charge in [0.2, 0.25) is 0 Å². The molecule has 0 saturated carbocycles. The summed E-state index contributed by atoms with van der Waals surface area (Å²) in [6.45, 7) is 4.64. The van der Waals surface area contributed by atoms with Crippen LogP contribution in [0, 0.1) is 0 Å². The van der Waals surface area contributed by atoms with Gasteiger partial charge in [-0.05, 0) is 12.2 Å². The molecular formula is C7H15N3OS. The smallest absolute Gasteiger partial charge is 0.166 e. The Kier molecular flexibility index (Phi) is 3.71. The Morgan fingerprint density at radius 3 is 2.33 bits per heavy atom. The molecule has 0 unspecified atom stereocenters. The fraction of sp³-hybridized carbons (Fsp3) is 0.857. The molecule has 0 radical (unpaired) electrons. The van der Waals surface area contributed by atoms with Crippen LogP contribution < -0.4 is 5.73 Å². The van der Waals surface area contributed by atoms with E-state index in [1.165, 1.54) is 0 Å². The molecule has 1 heterocycles. The van der Waals surface area contributed by atoms with Crippen molar-refractivity contribution < 1.29 is 5.11 Å². The molecule has 0 aliphatic carbocycles. The van der Waals surface area contributed by atoms with Crippen LogP contribution in [0.1, 0.15) is 0 Å². The number of hydrogen-bond donors (Lipinski definition) is 2. The van der Waals surface area contributed by atoms with Crippen molar-refractivity contribution in [2.24, 2.45) is 5.73 Å². The largest absolute Gasteiger partial charge is 0.395 e. The zero-order valence-corrected chi connectivity index (χ0v) is 7.89. The maximum Gasteiger partial charge on any atom is 0.166 e.